The lowest BCUT2D eigenvalue weighted by molar-refractivity contribution is -0.146. The maximum Gasteiger partial charge on any atom is 0.308 e. The summed E-state index contributed by atoms with van der Waals surface area (Å²) < 4.78 is 0. The predicted molar refractivity (Wildman–Crippen MR) is 65.5 cm³/mol. The van der Waals surface area contributed by atoms with E-state index in [9.17, 15) is 9.59 Å². The minimum absolute atomic E-state index is 0.202. The quantitative estimate of drug-likeness (QED) is 0.844. The number of hydrogen-bond acceptors (Lipinski definition) is 3. The first-order valence-electron chi connectivity index (χ1n) is 5.83. The first kappa shape index (κ1) is 12.4. The lowest BCUT2D eigenvalue weighted by atomic mass is 9.89. The minimum atomic E-state index is -0.929. The molecule has 5 heteroatoms. The van der Waals surface area contributed by atoms with Crippen LogP contribution < -0.4 is 4.90 Å². The Morgan fingerprint density at radius 1 is 1.00 bits per heavy atom. The second-order valence-electron chi connectivity index (χ2n) is 4.55. The Labute approximate surface area is 105 Å². The maximum absolute atomic E-state index is 11.1. The van der Waals surface area contributed by atoms with Gasteiger partial charge in [-0.15, -0.1) is 0 Å². The summed E-state index contributed by atoms with van der Waals surface area (Å²) in [5.74, 6) is -3.11. The van der Waals surface area contributed by atoms with Crippen LogP contribution in [0.2, 0.25) is 0 Å². The molecule has 1 fully saturated rings. The molecular weight excluding hydrogens is 234 g/mol. The molecule has 5 nitrogen and oxygen atoms in total. The summed E-state index contributed by atoms with van der Waals surface area (Å²) in [5.41, 5.74) is 0.870. The molecule has 2 atom stereocenters. The fourth-order valence-corrected chi connectivity index (χ4v) is 2.31. The van der Waals surface area contributed by atoms with Gasteiger partial charge in [0.1, 0.15) is 0 Å². The fourth-order valence-electron chi connectivity index (χ4n) is 2.31. The normalized spacial score (nSPS) is 23.7. The third-order valence-electron chi connectivity index (χ3n) is 3.27. The molecule has 2 N–H and O–H groups in total. The molecule has 1 aromatic rings. The van der Waals surface area contributed by atoms with Crippen LogP contribution in [0.25, 0.3) is 0 Å². The van der Waals surface area contributed by atoms with Crippen molar-refractivity contribution in [1.29, 1.82) is 0 Å². The highest BCUT2D eigenvalue weighted by Crippen LogP contribution is 2.26. The number of hydrogen-bond donors (Lipinski definition) is 2. The van der Waals surface area contributed by atoms with Crippen molar-refractivity contribution in [1.82, 2.24) is 0 Å². The van der Waals surface area contributed by atoms with E-state index in [1.807, 2.05) is 35.2 Å². The van der Waals surface area contributed by atoms with E-state index >= 15 is 0 Å². The summed E-state index contributed by atoms with van der Waals surface area (Å²) >= 11 is 0. The summed E-state index contributed by atoms with van der Waals surface area (Å²) in [5, 5.41) is 18.2. The van der Waals surface area contributed by atoms with Gasteiger partial charge in [0.2, 0.25) is 0 Å². The molecule has 1 aliphatic rings. The fraction of sp³-hybridized carbons (Fsp3) is 0.385. The average Bonchev–Trinajstić information content (AvgIpc) is 2.39. The highest BCUT2D eigenvalue weighted by molar-refractivity contribution is 5.76. The Morgan fingerprint density at radius 2 is 1.50 bits per heavy atom. The van der Waals surface area contributed by atoms with Crippen molar-refractivity contribution >= 4 is 17.6 Å². The Morgan fingerprint density at radius 3 is 1.94 bits per heavy atom. The SMILES string of the molecule is O=C(O)C1CC(C(=O)O)CN(c2ccccc2)C1. The Hall–Kier alpha value is -2.04. The van der Waals surface area contributed by atoms with E-state index in [-0.39, 0.29) is 6.42 Å². The van der Waals surface area contributed by atoms with E-state index in [4.69, 9.17) is 10.2 Å². The minimum Gasteiger partial charge on any atom is -0.481 e. The number of anilines is 1. The molecule has 18 heavy (non-hydrogen) atoms. The number of carbonyl (C=O) groups is 2. The summed E-state index contributed by atoms with van der Waals surface area (Å²) in [4.78, 5) is 24.0. The molecule has 0 bridgehead atoms. The third kappa shape index (κ3) is 2.61. The summed E-state index contributed by atoms with van der Waals surface area (Å²) in [6, 6.07) is 9.31. The number of aliphatic carboxylic acids is 2. The van der Waals surface area contributed by atoms with Crippen LogP contribution in [-0.2, 0) is 9.59 Å². The smallest absolute Gasteiger partial charge is 0.308 e. The number of piperidine rings is 1. The second kappa shape index (κ2) is 5.08. The van der Waals surface area contributed by atoms with Crippen LogP contribution in [0.4, 0.5) is 5.69 Å². The first-order valence-corrected chi connectivity index (χ1v) is 5.83. The Balaban J connectivity index is 2.20. The molecule has 0 spiro atoms. The van der Waals surface area contributed by atoms with Gasteiger partial charge in [0.05, 0.1) is 11.8 Å². The molecule has 1 aliphatic heterocycles. The van der Waals surface area contributed by atoms with Crippen LogP contribution in [0.15, 0.2) is 30.3 Å². The van der Waals surface area contributed by atoms with Crippen molar-refractivity contribution in [2.45, 2.75) is 6.42 Å². The van der Waals surface area contributed by atoms with Gasteiger partial charge in [0.25, 0.3) is 0 Å². The predicted octanol–water partition coefficient (Wildman–Crippen LogP) is 1.30. The van der Waals surface area contributed by atoms with Crippen LogP contribution in [0.1, 0.15) is 6.42 Å². The molecule has 0 amide bonds. The van der Waals surface area contributed by atoms with E-state index in [0.717, 1.165) is 5.69 Å². The average molecular weight is 249 g/mol. The highest BCUT2D eigenvalue weighted by Gasteiger charge is 2.35. The van der Waals surface area contributed by atoms with E-state index in [2.05, 4.69) is 0 Å². The van der Waals surface area contributed by atoms with Crippen LogP contribution in [0, 0.1) is 11.8 Å². The van der Waals surface area contributed by atoms with E-state index in [1.54, 1.807) is 0 Å². The van der Waals surface area contributed by atoms with Crippen molar-refractivity contribution in [3.05, 3.63) is 30.3 Å². The standard InChI is InChI=1S/C13H15NO4/c15-12(16)9-6-10(13(17)18)8-14(7-9)11-4-2-1-3-5-11/h1-5,9-10H,6-8H2,(H,15,16)(H,17,18). The van der Waals surface area contributed by atoms with E-state index < -0.39 is 23.8 Å². The number of carboxylic acid groups (broad SMARTS) is 2. The van der Waals surface area contributed by atoms with Gasteiger partial charge in [-0.25, -0.2) is 0 Å². The van der Waals surface area contributed by atoms with Gasteiger partial charge >= 0.3 is 11.9 Å². The lowest BCUT2D eigenvalue weighted by Crippen LogP contribution is -2.45. The van der Waals surface area contributed by atoms with E-state index in [0.29, 0.717) is 13.1 Å². The molecule has 0 aromatic heterocycles. The molecule has 0 aliphatic carbocycles. The lowest BCUT2D eigenvalue weighted by Gasteiger charge is -2.35. The van der Waals surface area contributed by atoms with Crippen molar-refractivity contribution in [2.24, 2.45) is 11.8 Å². The van der Waals surface area contributed by atoms with Crippen LogP contribution in [-0.4, -0.2) is 35.2 Å². The monoisotopic (exact) mass is 249 g/mol. The van der Waals surface area contributed by atoms with Gasteiger partial charge in [0.15, 0.2) is 0 Å². The molecule has 1 heterocycles. The maximum atomic E-state index is 11.1. The zero-order valence-electron chi connectivity index (χ0n) is 9.82. The summed E-state index contributed by atoms with van der Waals surface area (Å²) in [6.07, 6.45) is 0.202. The van der Waals surface area contributed by atoms with Gasteiger partial charge in [-0.3, -0.25) is 9.59 Å². The molecule has 2 unspecified atom stereocenters. The van der Waals surface area contributed by atoms with Crippen molar-refractivity contribution < 1.29 is 19.8 Å². The number of rotatable bonds is 3. The Kier molecular flexibility index (Phi) is 3.50. The number of para-hydroxylation sites is 1. The van der Waals surface area contributed by atoms with Crippen LogP contribution in [0.5, 0.6) is 0 Å². The van der Waals surface area contributed by atoms with Crippen LogP contribution >= 0.6 is 0 Å². The molecule has 0 radical (unpaired) electrons. The number of carboxylic acids is 2. The zero-order valence-corrected chi connectivity index (χ0v) is 9.82. The number of nitrogens with zero attached hydrogens (tertiary/aromatic N) is 1. The largest absolute Gasteiger partial charge is 0.481 e. The van der Waals surface area contributed by atoms with Crippen LogP contribution in [0.3, 0.4) is 0 Å². The third-order valence-corrected chi connectivity index (χ3v) is 3.27. The molecule has 0 saturated carbocycles. The zero-order chi connectivity index (χ0) is 13.1. The van der Waals surface area contributed by atoms with Gasteiger partial charge in [-0.05, 0) is 18.6 Å². The van der Waals surface area contributed by atoms with Crippen molar-refractivity contribution in [3.8, 4) is 0 Å². The second-order valence-corrected chi connectivity index (χ2v) is 4.55. The topological polar surface area (TPSA) is 77.8 Å². The van der Waals surface area contributed by atoms with Gasteiger partial charge in [0, 0.05) is 18.8 Å². The molecular formula is C13H15NO4. The molecule has 1 aromatic carbocycles. The first-order chi connectivity index (χ1) is 8.58. The summed E-state index contributed by atoms with van der Waals surface area (Å²) in [6.45, 7) is 0.728. The number of benzene rings is 1. The van der Waals surface area contributed by atoms with Gasteiger partial charge in [-0.2, -0.15) is 0 Å². The highest BCUT2D eigenvalue weighted by atomic mass is 16.4. The van der Waals surface area contributed by atoms with Crippen molar-refractivity contribution in [2.75, 3.05) is 18.0 Å². The van der Waals surface area contributed by atoms with Crippen molar-refractivity contribution in [3.63, 3.8) is 0 Å². The van der Waals surface area contributed by atoms with Gasteiger partial charge < -0.3 is 15.1 Å². The van der Waals surface area contributed by atoms with Gasteiger partial charge in [-0.1, -0.05) is 18.2 Å². The van der Waals surface area contributed by atoms with E-state index in [1.165, 1.54) is 0 Å². The Bertz CT molecular complexity index is 424. The summed E-state index contributed by atoms with van der Waals surface area (Å²) in [7, 11) is 0. The molecule has 96 valence electrons. The molecule has 2 rings (SSSR count). The molecule has 1 saturated heterocycles.